The molecule has 0 saturated heterocycles. The third-order valence-corrected chi connectivity index (χ3v) is 7.93. The SMILES string of the molecule is [2H]c1cc2c(cc1-c1c([2H])c([2H])c([2H])c([2H])c1[2H])oc1ccc([2H])c(-c3nc(-c4ccc(-c5c([2H])c([2H])c([2H])c([2H])c5[2H])cc4)nc(-c4ccc5ccccc5c4)n3)c12. The van der Waals surface area contributed by atoms with Crippen molar-refractivity contribution in [2.45, 2.75) is 0 Å². The number of hydrogen-bond acceptors (Lipinski definition) is 4. The maximum absolute atomic E-state index is 9.15. The maximum Gasteiger partial charge on any atom is 0.164 e. The van der Waals surface area contributed by atoms with Gasteiger partial charge in [-0.25, -0.2) is 15.0 Å². The molecule has 2 aromatic heterocycles. The zero-order chi connectivity index (χ0) is 41.6. The minimum Gasteiger partial charge on any atom is -0.456 e. The molecular weight excluding hydrogens is 574 g/mol. The van der Waals surface area contributed by atoms with E-state index in [1.165, 1.54) is 18.2 Å². The summed E-state index contributed by atoms with van der Waals surface area (Å²) in [6.45, 7) is 0. The summed E-state index contributed by atoms with van der Waals surface area (Å²) in [4.78, 5) is 14.6. The highest BCUT2D eigenvalue weighted by Gasteiger charge is 2.18. The van der Waals surface area contributed by atoms with Crippen molar-refractivity contribution < 1.29 is 20.9 Å². The first-order valence-corrected chi connectivity index (χ1v) is 14.7. The van der Waals surface area contributed by atoms with Crippen molar-refractivity contribution >= 4 is 32.7 Å². The Morgan fingerprint density at radius 2 is 1.06 bits per heavy atom. The van der Waals surface area contributed by atoms with Crippen LogP contribution in [-0.2, 0) is 0 Å². The molecule has 0 saturated carbocycles. The number of hydrogen-bond donors (Lipinski definition) is 0. The molecule has 9 aromatic rings. The molecule has 220 valence electrons. The normalized spacial score (nSPS) is 15.0. The van der Waals surface area contributed by atoms with Gasteiger partial charge in [-0.15, -0.1) is 0 Å². The summed E-state index contributed by atoms with van der Waals surface area (Å²) >= 11 is 0. The van der Waals surface area contributed by atoms with Gasteiger partial charge in [0, 0.05) is 27.5 Å². The van der Waals surface area contributed by atoms with Crippen LogP contribution in [0.2, 0.25) is 0 Å². The van der Waals surface area contributed by atoms with Gasteiger partial charge in [0.25, 0.3) is 0 Å². The number of benzene rings is 7. The molecule has 0 N–H and O–H groups in total. The van der Waals surface area contributed by atoms with Gasteiger partial charge in [0.15, 0.2) is 17.5 Å². The molecule has 0 aliphatic rings. The molecule has 2 heterocycles. The molecule has 0 fully saturated rings. The predicted molar refractivity (Wildman–Crippen MR) is 192 cm³/mol. The van der Waals surface area contributed by atoms with Crippen molar-refractivity contribution in [3.05, 3.63) is 164 Å². The van der Waals surface area contributed by atoms with Crippen LogP contribution in [0.1, 0.15) is 16.4 Å². The Bertz CT molecular complexity index is 3200. The highest BCUT2D eigenvalue weighted by molar-refractivity contribution is 6.12. The van der Waals surface area contributed by atoms with Crippen molar-refractivity contribution in [1.29, 1.82) is 0 Å². The Kier molecular flexibility index (Phi) is 4.13. The standard InChI is InChI=1S/C43H27N3O/c1-3-10-28(11-4-1)31-18-21-32(22-19-31)41-44-42(35-23-20-30-14-7-8-15-33(30)26-35)46-43(45-41)37-16-9-17-38-40(37)36-25-24-34(27-39(36)47-38)29-12-5-2-6-13-29/h1-27H/i1D,2D,3D,4D,5D,6D,10D,11D,12D,13D,16D,24D. The summed E-state index contributed by atoms with van der Waals surface area (Å²) < 4.78 is 107. The van der Waals surface area contributed by atoms with Crippen LogP contribution in [0, 0.1) is 0 Å². The fourth-order valence-corrected chi connectivity index (χ4v) is 5.66. The van der Waals surface area contributed by atoms with Crippen molar-refractivity contribution in [3.8, 4) is 56.4 Å². The van der Waals surface area contributed by atoms with E-state index in [1.54, 1.807) is 30.3 Å². The molecule has 0 aliphatic heterocycles. The van der Waals surface area contributed by atoms with Crippen LogP contribution >= 0.6 is 0 Å². The Morgan fingerprint density at radius 1 is 0.426 bits per heavy atom. The summed E-state index contributed by atoms with van der Waals surface area (Å²) in [5.41, 5.74) is 2.42. The Labute approximate surface area is 288 Å². The zero-order valence-corrected chi connectivity index (χ0v) is 24.4. The fraction of sp³-hybridized carbons (Fsp3) is 0. The molecule has 0 amide bonds. The third-order valence-electron chi connectivity index (χ3n) is 7.93. The minimum absolute atomic E-state index is 0.0413. The second kappa shape index (κ2) is 11.2. The Morgan fingerprint density at radius 3 is 1.83 bits per heavy atom. The van der Waals surface area contributed by atoms with Gasteiger partial charge < -0.3 is 4.42 Å². The van der Waals surface area contributed by atoms with Crippen LogP contribution in [0.25, 0.3) is 89.1 Å². The molecule has 7 aromatic carbocycles. The summed E-state index contributed by atoms with van der Waals surface area (Å²) in [5.74, 6) is 0.631. The highest BCUT2D eigenvalue weighted by Crippen LogP contribution is 2.38. The van der Waals surface area contributed by atoms with E-state index in [9.17, 15) is 0 Å². The molecule has 0 radical (unpaired) electrons. The van der Waals surface area contributed by atoms with E-state index in [1.807, 2.05) is 42.5 Å². The van der Waals surface area contributed by atoms with Gasteiger partial charge in [-0.2, -0.15) is 0 Å². The first-order valence-electron chi connectivity index (χ1n) is 20.7. The van der Waals surface area contributed by atoms with Gasteiger partial charge in [0.2, 0.25) is 0 Å². The monoisotopic (exact) mass is 613 g/mol. The quantitative estimate of drug-likeness (QED) is 0.194. The van der Waals surface area contributed by atoms with Crippen LogP contribution in [-0.4, -0.2) is 15.0 Å². The second-order valence-corrected chi connectivity index (χ2v) is 10.8. The molecule has 0 aliphatic carbocycles. The van der Waals surface area contributed by atoms with Crippen molar-refractivity contribution in [2.24, 2.45) is 0 Å². The lowest BCUT2D eigenvalue weighted by Crippen LogP contribution is -2.00. The summed E-state index contributed by atoms with van der Waals surface area (Å²) in [6.07, 6.45) is 0. The van der Waals surface area contributed by atoms with Crippen LogP contribution < -0.4 is 0 Å². The van der Waals surface area contributed by atoms with Crippen LogP contribution in [0.4, 0.5) is 0 Å². The lowest BCUT2D eigenvalue weighted by molar-refractivity contribution is 0.669. The zero-order valence-electron chi connectivity index (χ0n) is 36.4. The van der Waals surface area contributed by atoms with Crippen molar-refractivity contribution in [3.63, 3.8) is 0 Å². The lowest BCUT2D eigenvalue weighted by atomic mass is 10.0. The van der Waals surface area contributed by atoms with E-state index in [0.717, 1.165) is 10.8 Å². The summed E-state index contributed by atoms with van der Waals surface area (Å²) in [7, 11) is 0. The van der Waals surface area contributed by atoms with Crippen LogP contribution in [0.5, 0.6) is 0 Å². The topological polar surface area (TPSA) is 51.8 Å². The first kappa shape index (κ1) is 17.3. The molecule has 4 heteroatoms. The highest BCUT2D eigenvalue weighted by atomic mass is 16.3. The summed E-state index contributed by atoms with van der Waals surface area (Å²) in [5, 5.41) is 2.79. The van der Waals surface area contributed by atoms with Crippen LogP contribution in [0.15, 0.2) is 168 Å². The summed E-state index contributed by atoms with van der Waals surface area (Å²) in [6, 6.07) is 21.7. The predicted octanol–water partition coefficient (Wildman–Crippen LogP) is 11.3. The minimum atomic E-state index is -0.544. The maximum atomic E-state index is 9.15. The smallest absolute Gasteiger partial charge is 0.164 e. The van der Waals surface area contributed by atoms with E-state index in [2.05, 4.69) is 0 Å². The molecule has 47 heavy (non-hydrogen) atoms. The molecule has 0 atom stereocenters. The second-order valence-electron chi connectivity index (χ2n) is 10.8. The number of furan rings is 1. The van der Waals surface area contributed by atoms with Gasteiger partial charge >= 0.3 is 0 Å². The fourth-order valence-electron chi connectivity index (χ4n) is 5.66. The number of fused-ring (bicyclic) bond motifs is 4. The first-order chi connectivity index (χ1) is 28.2. The molecular formula is C43H27N3O. The lowest BCUT2D eigenvalue weighted by Gasteiger charge is -2.10. The van der Waals surface area contributed by atoms with Gasteiger partial charge in [0.1, 0.15) is 11.2 Å². The van der Waals surface area contributed by atoms with Crippen LogP contribution in [0.3, 0.4) is 0 Å². The third kappa shape index (κ3) is 4.93. The molecule has 0 unspecified atom stereocenters. The van der Waals surface area contributed by atoms with E-state index < -0.39 is 48.3 Å². The van der Waals surface area contributed by atoms with E-state index >= 15 is 0 Å². The van der Waals surface area contributed by atoms with Gasteiger partial charge in [-0.1, -0.05) is 139 Å². The Balaban J connectivity index is 1.26. The molecule has 0 spiro atoms. The number of nitrogens with zero attached hydrogens (tertiary/aromatic N) is 3. The van der Waals surface area contributed by atoms with Gasteiger partial charge in [-0.3, -0.25) is 0 Å². The van der Waals surface area contributed by atoms with Gasteiger partial charge in [-0.05, 0) is 57.3 Å². The van der Waals surface area contributed by atoms with Crippen molar-refractivity contribution in [1.82, 2.24) is 15.0 Å². The number of rotatable bonds is 5. The average Bonchev–Trinajstić information content (AvgIpc) is 3.60. The molecule has 9 rings (SSSR count). The van der Waals surface area contributed by atoms with E-state index in [0.29, 0.717) is 38.9 Å². The average molecular weight is 614 g/mol. The number of aromatic nitrogens is 3. The largest absolute Gasteiger partial charge is 0.456 e. The molecule has 0 bridgehead atoms. The Hall–Kier alpha value is -6.39. The van der Waals surface area contributed by atoms with Crippen molar-refractivity contribution in [2.75, 3.05) is 0 Å². The molecule has 4 nitrogen and oxygen atoms in total. The van der Waals surface area contributed by atoms with E-state index in [4.69, 9.17) is 35.8 Å². The van der Waals surface area contributed by atoms with E-state index in [-0.39, 0.29) is 63.7 Å². The van der Waals surface area contributed by atoms with Gasteiger partial charge in [0.05, 0.1) is 16.4 Å².